The van der Waals surface area contributed by atoms with Gasteiger partial charge in [0.25, 0.3) is 0 Å². The molecule has 7 nitrogen and oxygen atoms in total. The highest BCUT2D eigenvalue weighted by molar-refractivity contribution is 14.1. The van der Waals surface area contributed by atoms with Crippen molar-refractivity contribution in [3.8, 4) is 34.8 Å². The summed E-state index contributed by atoms with van der Waals surface area (Å²) in [6.45, 7) is 2.58. The van der Waals surface area contributed by atoms with Gasteiger partial charge in [0.05, 0.1) is 23.2 Å². The van der Waals surface area contributed by atoms with Crippen LogP contribution < -0.4 is 29.4 Å². The first kappa shape index (κ1) is 18.6. The lowest BCUT2D eigenvalue weighted by Gasteiger charge is -2.27. The van der Waals surface area contributed by atoms with Crippen LogP contribution in [0.25, 0.3) is 0 Å². The predicted octanol–water partition coefficient (Wildman–Crippen LogP) is 3.65. The van der Waals surface area contributed by atoms with Crippen LogP contribution in [0.3, 0.4) is 0 Å². The van der Waals surface area contributed by atoms with Gasteiger partial charge in [0, 0.05) is 11.6 Å². The monoisotopic (exact) mass is 492 g/mol. The van der Waals surface area contributed by atoms with Crippen LogP contribution in [0.4, 0.5) is 0 Å². The number of rotatable bonds is 4. The highest BCUT2D eigenvalue weighted by Gasteiger charge is 2.34. The Labute approximate surface area is 175 Å². The van der Waals surface area contributed by atoms with Crippen molar-refractivity contribution in [1.29, 1.82) is 5.26 Å². The molecule has 0 aliphatic carbocycles. The molecule has 0 amide bonds. The van der Waals surface area contributed by atoms with Crippen LogP contribution >= 0.6 is 22.6 Å². The summed E-state index contributed by atoms with van der Waals surface area (Å²) >= 11 is 2.20. The summed E-state index contributed by atoms with van der Waals surface area (Å²) in [7, 11) is 1.59. The normalized spacial score (nSPS) is 16.9. The van der Waals surface area contributed by atoms with E-state index in [2.05, 4.69) is 28.7 Å². The molecule has 0 fully saturated rings. The molecule has 0 saturated carbocycles. The maximum Gasteiger partial charge on any atom is 0.231 e. The van der Waals surface area contributed by atoms with Gasteiger partial charge in [-0.2, -0.15) is 5.26 Å². The molecule has 0 radical (unpaired) electrons. The summed E-state index contributed by atoms with van der Waals surface area (Å²) < 4.78 is 28.8. The fourth-order valence-corrected chi connectivity index (χ4v) is 4.16. The third kappa shape index (κ3) is 2.96. The number of nitrogens with two attached hydrogens (primary N) is 1. The summed E-state index contributed by atoms with van der Waals surface area (Å²) in [6, 6.07) is 9.59. The van der Waals surface area contributed by atoms with Crippen LogP contribution in [-0.4, -0.2) is 20.5 Å². The van der Waals surface area contributed by atoms with E-state index in [-0.39, 0.29) is 12.7 Å². The third-order valence-electron chi connectivity index (χ3n) is 4.58. The standard InChI is InChI=1S/C20H17IN2O5/c1-3-25-19-13(21)4-10(5-17(19)24-2)18-11-6-15-16(27-9-26-15)7-14(11)28-20(23)12(18)8-22/h4-7,18H,3,9,23H2,1-2H3/t18-/m0/s1. The second-order valence-electron chi connectivity index (χ2n) is 6.14. The Hall–Kier alpha value is -2.80. The van der Waals surface area contributed by atoms with Crippen molar-refractivity contribution < 1.29 is 23.7 Å². The predicted molar refractivity (Wildman–Crippen MR) is 109 cm³/mol. The van der Waals surface area contributed by atoms with E-state index < -0.39 is 5.92 Å². The zero-order chi connectivity index (χ0) is 19.8. The second kappa shape index (κ2) is 7.31. The van der Waals surface area contributed by atoms with Crippen LogP contribution in [0.15, 0.2) is 35.7 Å². The lowest BCUT2D eigenvalue weighted by Crippen LogP contribution is -2.21. The molecule has 0 spiro atoms. The number of nitriles is 1. The number of allylic oxidation sites excluding steroid dienone is 1. The van der Waals surface area contributed by atoms with Gasteiger partial charge in [-0.1, -0.05) is 0 Å². The molecule has 0 bridgehead atoms. The first-order valence-electron chi connectivity index (χ1n) is 8.58. The molecule has 2 N–H and O–H groups in total. The van der Waals surface area contributed by atoms with Crippen molar-refractivity contribution in [2.45, 2.75) is 12.8 Å². The third-order valence-corrected chi connectivity index (χ3v) is 5.39. The highest BCUT2D eigenvalue weighted by atomic mass is 127. The van der Waals surface area contributed by atoms with E-state index in [4.69, 9.17) is 29.4 Å². The Kier molecular flexibility index (Phi) is 4.85. The molecule has 2 heterocycles. The minimum absolute atomic E-state index is 0.0710. The molecule has 0 unspecified atom stereocenters. The minimum atomic E-state index is -0.429. The molecule has 0 saturated heterocycles. The molecule has 0 aromatic heterocycles. The summed E-state index contributed by atoms with van der Waals surface area (Å²) in [5.74, 6) is 2.63. The minimum Gasteiger partial charge on any atom is -0.493 e. The molecule has 2 aromatic carbocycles. The summed E-state index contributed by atoms with van der Waals surface area (Å²) in [4.78, 5) is 0. The largest absolute Gasteiger partial charge is 0.493 e. The number of fused-ring (bicyclic) bond motifs is 2. The van der Waals surface area contributed by atoms with Crippen molar-refractivity contribution in [3.05, 3.63) is 50.4 Å². The van der Waals surface area contributed by atoms with Gasteiger partial charge in [0.15, 0.2) is 23.0 Å². The molecule has 1 atom stereocenters. The van der Waals surface area contributed by atoms with Gasteiger partial charge in [-0.25, -0.2) is 0 Å². The first-order valence-corrected chi connectivity index (χ1v) is 9.66. The van der Waals surface area contributed by atoms with E-state index >= 15 is 0 Å². The number of ether oxygens (including phenoxy) is 5. The molecule has 28 heavy (non-hydrogen) atoms. The van der Waals surface area contributed by atoms with E-state index in [1.807, 2.05) is 25.1 Å². The van der Waals surface area contributed by atoms with Crippen molar-refractivity contribution in [1.82, 2.24) is 0 Å². The summed E-state index contributed by atoms with van der Waals surface area (Å²) in [5.41, 5.74) is 8.01. The quantitative estimate of drug-likeness (QED) is 0.652. The smallest absolute Gasteiger partial charge is 0.231 e. The Bertz CT molecular complexity index is 1030. The fourth-order valence-electron chi connectivity index (χ4n) is 3.38. The Morgan fingerprint density at radius 1 is 1.21 bits per heavy atom. The van der Waals surface area contributed by atoms with Crippen molar-refractivity contribution in [3.63, 3.8) is 0 Å². The van der Waals surface area contributed by atoms with Crippen LogP contribution in [0.5, 0.6) is 28.7 Å². The number of halogens is 1. The van der Waals surface area contributed by atoms with E-state index in [0.29, 0.717) is 40.9 Å². The van der Waals surface area contributed by atoms with Crippen LogP contribution in [-0.2, 0) is 0 Å². The zero-order valence-electron chi connectivity index (χ0n) is 15.2. The van der Waals surface area contributed by atoms with Crippen LogP contribution in [0.2, 0.25) is 0 Å². The number of hydrogen-bond donors (Lipinski definition) is 1. The maximum atomic E-state index is 9.77. The van der Waals surface area contributed by atoms with Gasteiger partial charge in [-0.15, -0.1) is 0 Å². The Balaban J connectivity index is 1.91. The number of methoxy groups -OCH3 is 1. The fraction of sp³-hybridized carbons (Fsp3) is 0.250. The molecular formula is C20H17IN2O5. The van der Waals surface area contributed by atoms with Gasteiger partial charge in [-0.3, -0.25) is 0 Å². The summed E-state index contributed by atoms with van der Waals surface area (Å²) in [6.07, 6.45) is 0. The van der Waals surface area contributed by atoms with E-state index in [1.165, 1.54) is 0 Å². The lowest BCUT2D eigenvalue weighted by molar-refractivity contribution is 0.174. The van der Waals surface area contributed by atoms with Gasteiger partial charge in [-0.05, 0) is 53.3 Å². The van der Waals surface area contributed by atoms with Crippen molar-refractivity contribution >= 4 is 22.6 Å². The molecule has 8 heteroatoms. The highest BCUT2D eigenvalue weighted by Crippen LogP contribution is 2.49. The van der Waals surface area contributed by atoms with Gasteiger partial charge < -0.3 is 29.4 Å². The van der Waals surface area contributed by atoms with Gasteiger partial charge in [0.1, 0.15) is 17.4 Å². The van der Waals surface area contributed by atoms with Crippen molar-refractivity contribution in [2.75, 3.05) is 20.5 Å². The van der Waals surface area contributed by atoms with E-state index in [0.717, 1.165) is 14.7 Å². The number of benzene rings is 2. The topological polar surface area (TPSA) is 96.0 Å². The Morgan fingerprint density at radius 3 is 2.64 bits per heavy atom. The average molecular weight is 492 g/mol. The van der Waals surface area contributed by atoms with E-state index in [1.54, 1.807) is 13.2 Å². The van der Waals surface area contributed by atoms with Crippen LogP contribution in [0, 0.1) is 14.9 Å². The molecule has 2 aliphatic rings. The Morgan fingerprint density at radius 2 is 1.96 bits per heavy atom. The molecule has 2 aliphatic heterocycles. The zero-order valence-corrected chi connectivity index (χ0v) is 17.4. The second-order valence-corrected chi connectivity index (χ2v) is 7.30. The lowest BCUT2D eigenvalue weighted by atomic mass is 9.83. The number of hydrogen-bond acceptors (Lipinski definition) is 7. The maximum absolute atomic E-state index is 9.77. The van der Waals surface area contributed by atoms with Gasteiger partial charge in [0.2, 0.25) is 12.7 Å². The molecule has 144 valence electrons. The van der Waals surface area contributed by atoms with E-state index in [9.17, 15) is 5.26 Å². The molecule has 2 aromatic rings. The number of nitrogens with zero attached hydrogens (tertiary/aromatic N) is 1. The van der Waals surface area contributed by atoms with Crippen LogP contribution in [0.1, 0.15) is 24.0 Å². The average Bonchev–Trinajstić information content (AvgIpc) is 3.14. The summed E-state index contributed by atoms with van der Waals surface area (Å²) in [5, 5.41) is 9.77. The van der Waals surface area contributed by atoms with Crippen molar-refractivity contribution in [2.24, 2.45) is 5.73 Å². The van der Waals surface area contributed by atoms with Gasteiger partial charge >= 0.3 is 0 Å². The first-order chi connectivity index (χ1) is 13.6. The SMILES string of the molecule is CCOc1c(I)cc([C@@H]2C(C#N)=C(N)Oc3cc4c(cc32)OCO4)cc1OC. The molecule has 4 rings (SSSR count). The molecular weight excluding hydrogens is 475 g/mol.